The molecule has 0 radical (unpaired) electrons. The van der Waals surface area contributed by atoms with E-state index in [1.54, 1.807) is 6.07 Å². The predicted octanol–water partition coefficient (Wildman–Crippen LogP) is 2.19. The van der Waals surface area contributed by atoms with Gasteiger partial charge >= 0.3 is 0 Å². The summed E-state index contributed by atoms with van der Waals surface area (Å²) < 4.78 is 18.9. The van der Waals surface area contributed by atoms with Crippen molar-refractivity contribution in [2.45, 2.75) is 25.3 Å². The summed E-state index contributed by atoms with van der Waals surface area (Å²) in [6, 6.07) is 4.05. The van der Waals surface area contributed by atoms with E-state index in [1.165, 1.54) is 6.42 Å². The molecule has 0 saturated carbocycles. The molecule has 1 fully saturated rings. The number of rotatable bonds is 1. The van der Waals surface area contributed by atoms with E-state index in [0.29, 0.717) is 18.4 Å². The monoisotopic (exact) mass is 207 g/mol. The third-order valence-corrected chi connectivity index (χ3v) is 3.22. The number of benzene rings is 1. The normalized spacial score (nSPS) is 23.9. The number of ether oxygens (including phenoxy) is 1. The lowest BCUT2D eigenvalue weighted by molar-refractivity contribution is 0.339. The van der Waals surface area contributed by atoms with Crippen LogP contribution >= 0.6 is 0 Å². The molecular formula is C12H14FNO. The van der Waals surface area contributed by atoms with Gasteiger partial charge < -0.3 is 10.1 Å². The van der Waals surface area contributed by atoms with Crippen LogP contribution in [0.5, 0.6) is 5.75 Å². The van der Waals surface area contributed by atoms with Crippen LogP contribution in [0.4, 0.5) is 4.39 Å². The van der Waals surface area contributed by atoms with Crippen LogP contribution in [0.3, 0.4) is 0 Å². The van der Waals surface area contributed by atoms with Gasteiger partial charge in [-0.1, -0.05) is 6.07 Å². The Morgan fingerprint density at radius 3 is 3.13 bits per heavy atom. The Hall–Kier alpha value is -1.09. The van der Waals surface area contributed by atoms with E-state index in [-0.39, 0.29) is 5.82 Å². The average molecular weight is 207 g/mol. The van der Waals surface area contributed by atoms with Gasteiger partial charge in [0.25, 0.3) is 0 Å². The van der Waals surface area contributed by atoms with Crippen molar-refractivity contribution in [3.8, 4) is 5.75 Å². The number of fused-ring (bicyclic) bond motifs is 1. The highest BCUT2D eigenvalue weighted by molar-refractivity contribution is 5.42. The molecule has 0 unspecified atom stereocenters. The first-order valence-electron chi connectivity index (χ1n) is 5.53. The van der Waals surface area contributed by atoms with Crippen LogP contribution in [0.15, 0.2) is 12.1 Å². The van der Waals surface area contributed by atoms with Crippen molar-refractivity contribution < 1.29 is 9.13 Å². The van der Waals surface area contributed by atoms with Crippen LogP contribution in [0.2, 0.25) is 0 Å². The average Bonchev–Trinajstić information content (AvgIpc) is 2.88. The first-order valence-corrected chi connectivity index (χ1v) is 5.53. The maximum Gasteiger partial charge on any atom is 0.165 e. The number of hydrogen-bond acceptors (Lipinski definition) is 2. The van der Waals surface area contributed by atoms with Crippen molar-refractivity contribution in [3.05, 3.63) is 29.1 Å². The van der Waals surface area contributed by atoms with Gasteiger partial charge in [0.1, 0.15) is 0 Å². The number of nitrogens with one attached hydrogen (secondary N) is 1. The molecule has 15 heavy (non-hydrogen) atoms. The Bertz CT molecular complexity index is 385. The van der Waals surface area contributed by atoms with Gasteiger partial charge in [0.2, 0.25) is 0 Å². The molecule has 0 aliphatic carbocycles. The van der Waals surface area contributed by atoms with Crippen LogP contribution in [0, 0.1) is 5.82 Å². The van der Waals surface area contributed by atoms with E-state index < -0.39 is 0 Å². The molecule has 2 aliphatic heterocycles. The van der Waals surface area contributed by atoms with Gasteiger partial charge in [0, 0.05) is 18.0 Å². The number of halogens is 1. The summed E-state index contributed by atoms with van der Waals surface area (Å²) in [5.41, 5.74) is 2.10. The van der Waals surface area contributed by atoms with Gasteiger partial charge in [-0.15, -0.1) is 0 Å². The lowest BCUT2D eigenvalue weighted by atomic mass is 10.0. The van der Waals surface area contributed by atoms with Crippen molar-refractivity contribution in [2.75, 3.05) is 13.2 Å². The largest absolute Gasteiger partial charge is 0.490 e. The zero-order valence-corrected chi connectivity index (χ0v) is 8.55. The first kappa shape index (κ1) is 9.16. The number of hydrogen-bond donors (Lipinski definition) is 1. The topological polar surface area (TPSA) is 21.3 Å². The minimum Gasteiger partial charge on any atom is -0.490 e. The van der Waals surface area contributed by atoms with Crippen molar-refractivity contribution >= 4 is 0 Å². The maximum absolute atomic E-state index is 13.7. The van der Waals surface area contributed by atoms with Crippen molar-refractivity contribution in [2.24, 2.45) is 0 Å². The Morgan fingerprint density at radius 1 is 1.40 bits per heavy atom. The standard InChI is InChI=1S/C12H14FNO/c13-10-7-9(11-2-1-4-14-11)6-8-3-5-15-12(8)10/h6-7,11,14H,1-5H2/t11-/m0/s1. The van der Waals surface area contributed by atoms with Crippen LogP contribution in [0.1, 0.15) is 30.0 Å². The van der Waals surface area contributed by atoms with E-state index in [9.17, 15) is 4.39 Å². The Kier molecular flexibility index (Phi) is 2.13. The smallest absolute Gasteiger partial charge is 0.165 e. The van der Waals surface area contributed by atoms with Crippen LogP contribution < -0.4 is 10.1 Å². The third kappa shape index (κ3) is 1.51. The minimum absolute atomic E-state index is 0.200. The molecule has 2 aliphatic rings. The molecule has 3 rings (SSSR count). The molecule has 2 nitrogen and oxygen atoms in total. The second-order valence-electron chi connectivity index (χ2n) is 4.24. The molecule has 0 spiro atoms. The van der Waals surface area contributed by atoms with Gasteiger partial charge in [-0.05, 0) is 31.0 Å². The maximum atomic E-state index is 13.7. The van der Waals surface area contributed by atoms with Crippen LogP contribution in [-0.4, -0.2) is 13.2 Å². The summed E-state index contributed by atoms with van der Waals surface area (Å²) in [7, 11) is 0. The summed E-state index contributed by atoms with van der Waals surface area (Å²) in [6.45, 7) is 1.66. The molecule has 1 aromatic rings. The summed E-state index contributed by atoms with van der Waals surface area (Å²) in [5.74, 6) is 0.269. The first-order chi connectivity index (χ1) is 7.34. The molecule has 3 heteroatoms. The molecule has 2 heterocycles. The fourth-order valence-electron chi connectivity index (χ4n) is 2.45. The second-order valence-corrected chi connectivity index (χ2v) is 4.24. The van der Waals surface area contributed by atoms with Crippen LogP contribution in [0.25, 0.3) is 0 Å². The van der Waals surface area contributed by atoms with E-state index in [4.69, 9.17) is 4.74 Å². The minimum atomic E-state index is -0.200. The summed E-state index contributed by atoms with van der Waals surface area (Å²) in [6.07, 6.45) is 3.13. The fourth-order valence-corrected chi connectivity index (χ4v) is 2.45. The van der Waals surface area contributed by atoms with Crippen molar-refractivity contribution in [3.63, 3.8) is 0 Å². The summed E-state index contributed by atoms with van der Waals surface area (Å²) in [5, 5.41) is 3.38. The molecule has 80 valence electrons. The van der Waals surface area contributed by atoms with E-state index in [1.807, 2.05) is 0 Å². The van der Waals surface area contributed by atoms with Crippen LogP contribution in [-0.2, 0) is 6.42 Å². The SMILES string of the molecule is Fc1cc([C@@H]2CCCN2)cc2c1OCC2. The Morgan fingerprint density at radius 2 is 2.33 bits per heavy atom. The van der Waals surface area contributed by atoms with Crippen molar-refractivity contribution in [1.29, 1.82) is 0 Å². The molecule has 1 aromatic carbocycles. The lowest BCUT2D eigenvalue weighted by Crippen LogP contribution is -2.13. The predicted molar refractivity (Wildman–Crippen MR) is 55.6 cm³/mol. The summed E-state index contributed by atoms with van der Waals surface area (Å²) in [4.78, 5) is 0. The van der Waals surface area contributed by atoms with E-state index in [0.717, 1.165) is 30.5 Å². The quantitative estimate of drug-likeness (QED) is 0.762. The van der Waals surface area contributed by atoms with Gasteiger partial charge in [-0.2, -0.15) is 0 Å². The van der Waals surface area contributed by atoms with E-state index >= 15 is 0 Å². The van der Waals surface area contributed by atoms with Gasteiger partial charge in [-0.3, -0.25) is 0 Å². The molecule has 1 N–H and O–H groups in total. The highest BCUT2D eigenvalue weighted by atomic mass is 19.1. The molecular weight excluding hydrogens is 193 g/mol. The lowest BCUT2D eigenvalue weighted by Gasteiger charge is -2.12. The fraction of sp³-hybridized carbons (Fsp3) is 0.500. The molecule has 1 saturated heterocycles. The molecule has 1 atom stereocenters. The van der Waals surface area contributed by atoms with E-state index in [2.05, 4.69) is 11.4 Å². The van der Waals surface area contributed by atoms with Crippen molar-refractivity contribution in [1.82, 2.24) is 5.32 Å². The summed E-state index contributed by atoms with van der Waals surface area (Å²) >= 11 is 0. The Balaban J connectivity index is 1.99. The van der Waals surface area contributed by atoms with Gasteiger partial charge in [-0.25, -0.2) is 4.39 Å². The molecule has 0 bridgehead atoms. The van der Waals surface area contributed by atoms with Gasteiger partial charge in [0.05, 0.1) is 6.61 Å². The highest BCUT2D eigenvalue weighted by Gasteiger charge is 2.22. The highest BCUT2D eigenvalue weighted by Crippen LogP contribution is 2.33. The zero-order valence-electron chi connectivity index (χ0n) is 8.55. The zero-order chi connectivity index (χ0) is 10.3. The Labute approximate surface area is 88.4 Å². The molecule has 0 amide bonds. The van der Waals surface area contributed by atoms with Gasteiger partial charge in [0.15, 0.2) is 11.6 Å². The second kappa shape index (κ2) is 3.49. The molecule has 0 aromatic heterocycles. The third-order valence-electron chi connectivity index (χ3n) is 3.22.